The van der Waals surface area contributed by atoms with Gasteiger partial charge in [0.25, 0.3) is 0 Å². The largest absolute Gasteiger partial charge is 0.508 e. The van der Waals surface area contributed by atoms with E-state index < -0.39 is 24.4 Å². The number of halogens is 4. The Balaban J connectivity index is 0.000000387. The van der Waals surface area contributed by atoms with Crippen LogP contribution in [0.25, 0.3) is 0 Å². The molecule has 0 radical (unpaired) electrons. The molecule has 0 spiro atoms. The smallest absolute Gasteiger partial charge is 0.117 e. The van der Waals surface area contributed by atoms with E-state index in [1.165, 1.54) is 12.1 Å². The second kappa shape index (κ2) is 28.4. The van der Waals surface area contributed by atoms with Crippen LogP contribution in [0.3, 0.4) is 0 Å². The highest BCUT2D eigenvalue weighted by Gasteiger charge is 2.13. The molecule has 0 aliphatic heterocycles. The number of rotatable bonds is 16. The van der Waals surface area contributed by atoms with Crippen molar-refractivity contribution in [1.29, 1.82) is 21.6 Å². The van der Waals surface area contributed by atoms with Gasteiger partial charge in [-0.1, -0.05) is 94.1 Å². The third-order valence-electron chi connectivity index (χ3n) is 8.30. The molecule has 4 rings (SSSR count). The molecule has 10 N–H and O–H groups in total. The fraction of sp³-hybridized carbons (Fsp3) is 0.364. The van der Waals surface area contributed by atoms with Crippen molar-refractivity contribution in [2.24, 2.45) is 0 Å². The Labute approximate surface area is 376 Å². The van der Waals surface area contributed by atoms with Crippen molar-refractivity contribution in [3.8, 4) is 11.5 Å². The number of hydrogen-bond donors (Lipinski definition) is 10. The predicted octanol–water partition coefficient (Wildman–Crippen LogP) is 12.6. The minimum Gasteiger partial charge on any atom is -0.508 e. The van der Waals surface area contributed by atoms with Gasteiger partial charge in [-0.2, -0.15) is 0 Å². The van der Waals surface area contributed by atoms with Gasteiger partial charge in [0.2, 0.25) is 0 Å². The Kier molecular flexibility index (Phi) is 25.9. The van der Waals surface area contributed by atoms with Crippen LogP contribution in [0.15, 0.2) is 103 Å². The molecule has 58 heavy (non-hydrogen) atoms. The molecule has 4 aromatic rings. The molecule has 4 atom stereocenters. The lowest BCUT2D eigenvalue weighted by Gasteiger charge is -2.12. The van der Waals surface area contributed by atoms with Crippen molar-refractivity contribution in [3.63, 3.8) is 0 Å². The van der Waals surface area contributed by atoms with Gasteiger partial charge in [0.05, 0.1) is 24.4 Å². The number of phenolic OH excluding ortho intramolecular Hbond substituents is 2. The monoisotopic (exact) mass is 1040 g/mol. The zero-order chi connectivity index (χ0) is 43.9. The fourth-order valence-electron chi connectivity index (χ4n) is 5.09. The first-order valence-electron chi connectivity index (χ1n) is 18.6. The van der Waals surface area contributed by atoms with Gasteiger partial charge in [0, 0.05) is 40.7 Å². The van der Waals surface area contributed by atoms with Gasteiger partial charge in [-0.15, -0.1) is 0 Å². The van der Waals surface area contributed by atoms with E-state index in [9.17, 15) is 30.6 Å². The van der Waals surface area contributed by atoms with Crippen molar-refractivity contribution < 1.29 is 30.6 Å². The first-order valence-corrected chi connectivity index (χ1v) is 21.7. The van der Waals surface area contributed by atoms with E-state index in [0.29, 0.717) is 85.3 Å². The summed E-state index contributed by atoms with van der Waals surface area (Å²) in [6.45, 7) is 6.94. The van der Waals surface area contributed by atoms with Crippen molar-refractivity contribution >= 4 is 86.6 Å². The molecular weight excluding hydrogens is 984 g/mol. The summed E-state index contributed by atoms with van der Waals surface area (Å²) < 4.78 is 3.41. The molecule has 0 fully saturated rings. The maximum absolute atomic E-state index is 9.84. The summed E-state index contributed by atoms with van der Waals surface area (Å²) in [6, 6.07) is 24.9. The summed E-state index contributed by atoms with van der Waals surface area (Å²) in [7, 11) is 0. The summed E-state index contributed by atoms with van der Waals surface area (Å²) in [5, 5.41) is 86.9. The molecule has 0 aliphatic carbocycles. The average Bonchev–Trinajstić information content (AvgIpc) is 3.15. The normalized spacial score (nSPS) is 12.5. The lowest BCUT2D eigenvalue weighted by molar-refractivity contribution is 0.168. The van der Waals surface area contributed by atoms with Gasteiger partial charge in [-0.05, 0) is 156 Å². The summed E-state index contributed by atoms with van der Waals surface area (Å²) in [5.74, 6) is 0.267. The van der Waals surface area contributed by atoms with E-state index in [-0.39, 0.29) is 11.5 Å². The third kappa shape index (κ3) is 22.9. The molecule has 0 saturated carbocycles. The predicted molar refractivity (Wildman–Crippen MR) is 250 cm³/mol. The Bertz CT molecular complexity index is 1910. The van der Waals surface area contributed by atoms with Crippen LogP contribution in [0, 0.1) is 21.6 Å². The number of aliphatic hydroxyl groups is 4. The molecule has 14 heteroatoms. The number of aromatic hydroxyl groups is 2. The Morgan fingerprint density at radius 1 is 0.448 bits per heavy atom. The molecule has 0 aliphatic rings. The van der Waals surface area contributed by atoms with Crippen molar-refractivity contribution in [2.75, 3.05) is 0 Å². The molecule has 4 aromatic carbocycles. The standard InChI is InChI=1S/2C11H14BrNO2.2C11H14BrNO/c1-7(13)2-5-11(15)9-6-8(14)3-4-10(9)12;1-7(13)2-3-11(15)8-4-9(12)6-10(14)5-8;1-8(13)5-6-11(14)9-3-2-4-10(12)7-9;1-8(13)6-7-11(14)9-4-2-3-5-10(9)12/h3-4,6,11,13-15H,2,5H2,1H3;4-6,11,13-15H,2-3H2,1H3;2-4,7,11,13-14H,5-6H2,1H3;2-5,11,13-14H,6-7H2,1H3/t4*11-/m0000/s1/i4*12-4. The van der Waals surface area contributed by atoms with Gasteiger partial charge in [0.15, 0.2) is 0 Å². The van der Waals surface area contributed by atoms with Crippen LogP contribution in [-0.2, 0) is 0 Å². The van der Waals surface area contributed by atoms with E-state index in [1.807, 2.05) is 48.5 Å². The van der Waals surface area contributed by atoms with Gasteiger partial charge in [-0.25, -0.2) is 0 Å². The van der Waals surface area contributed by atoms with E-state index in [0.717, 1.165) is 29.0 Å². The highest BCUT2D eigenvalue weighted by atomic mass is 75.9. The van der Waals surface area contributed by atoms with Gasteiger partial charge >= 0.3 is 0 Å². The second-order valence-corrected chi connectivity index (χ2v) is 17.4. The Hall–Kier alpha value is -3.08. The van der Waals surface area contributed by atoms with E-state index >= 15 is 0 Å². The van der Waals surface area contributed by atoms with E-state index in [2.05, 4.69) is 63.7 Å². The zero-order valence-corrected chi connectivity index (χ0v) is 39.6. The zero-order valence-electron chi connectivity index (χ0n) is 33.2. The topological polar surface area (TPSA) is 217 Å². The molecular formula is C44H56Br4N4O6. The molecule has 0 aromatic heterocycles. The molecule has 0 unspecified atom stereocenters. The molecule has 0 amide bonds. The lowest BCUT2D eigenvalue weighted by atomic mass is 10.0. The van der Waals surface area contributed by atoms with E-state index in [1.54, 1.807) is 52.0 Å². The van der Waals surface area contributed by atoms with Gasteiger partial charge in [0.1, 0.15) is 11.5 Å². The van der Waals surface area contributed by atoms with Crippen LogP contribution < -0.4 is 0 Å². The number of aliphatic hydroxyl groups excluding tert-OH is 4. The van der Waals surface area contributed by atoms with Crippen molar-refractivity contribution in [1.82, 2.24) is 0 Å². The first kappa shape index (κ1) is 52.9. The SMILES string of the molecule is CC(=N)CC[C@H](O)c1cc(O)cc([76Br])c1.CC(=N)CC[C@H](O)c1cc(O)ccc1[76Br].CC(=N)CC[C@H](O)c1cccc([76Br])c1.CC(=N)CC[C@H](O)c1ccccc1[76Br]. The number of phenols is 2. The maximum atomic E-state index is 9.84. The first-order chi connectivity index (χ1) is 27.2. The molecule has 0 saturated heterocycles. The summed E-state index contributed by atoms with van der Waals surface area (Å²) in [5.41, 5.74) is 5.45. The quantitative estimate of drug-likeness (QED) is 0.0492. The number of nitrogens with one attached hydrogen (secondary N) is 4. The Morgan fingerprint density at radius 3 is 1.38 bits per heavy atom. The highest BCUT2D eigenvalue weighted by Crippen LogP contribution is 2.30. The van der Waals surface area contributed by atoms with Crippen molar-refractivity contribution in [3.05, 3.63) is 125 Å². The number of benzene rings is 4. The summed E-state index contributed by atoms with van der Waals surface area (Å²) in [4.78, 5) is 0. The Morgan fingerprint density at radius 2 is 0.897 bits per heavy atom. The van der Waals surface area contributed by atoms with Crippen LogP contribution in [0.5, 0.6) is 11.5 Å². The molecule has 0 bridgehead atoms. The average molecular weight is 1040 g/mol. The minimum atomic E-state index is -0.647. The van der Waals surface area contributed by atoms with Gasteiger partial charge in [-0.3, -0.25) is 0 Å². The maximum Gasteiger partial charge on any atom is 0.117 e. The summed E-state index contributed by atoms with van der Waals surface area (Å²) >= 11 is 13.3. The van der Waals surface area contributed by atoms with Crippen LogP contribution >= 0.6 is 63.7 Å². The van der Waals surface area contributed by atoms with Gasteiger partial charge < -0.3 is 52.3 Å². The van der Waals surface area contributed by atoms with E-state index in [4.69, 9.17) is 21.6 Å². The molecule has 10 nitrogen and oxygen atoms in total. The van der Waals surface area contributed by atoms with Crippen LogP contribution in [0.2, 0.25) is 0 Å². The summed E-state index contributed by atoms with van der Waals surface area (Å²) in [6.07, 6.45) is 2.42. The van der Waals surface area contributed by atoms with Crippen LogP contribution in [0.4, 0.5) is 0 Å². The van der Waals surface area contributed by atoms with Crippen LogP contribution in [-0.4, -0.2) is 53.5 Å². The highest BCUT2D eigenvalue weighted by molar-refractivity contribution is 9.11. The molecule has 0 heterocycles. The number of hydrogen-bond acceptors (Lipinski definition) is 10. The minimum absolute atomic E-state index is 0.130. The van der Waals surface area contributed by atoms with Crippen LogP contribution in [0.1, 0.15) is 126 Å². The lowest BCUT2D eigenvalue weighted by Crippen LogP contribution is -2.01. The third-order valence-corrected chi connectivity index (χ3v) is 10.7. The second-order valence-electron chi connectivity index (χ2n) is 13.9. The van der Waals surface area contributed by atoms with Crippen molar-refractivity contribution in [2.45, 2.75) is 103 Å². The fourth-order valence-corrected chi connectivity index (χ4v) is 7.07. The molecule has 316 valence electrons.